The van der Waals surface area contributed by atoms with Crippen LogP contribution in [0.5, 0.6) is 0 Å². The molecule has 0 atom stereocenters. The van der Waals surface area contributed by atoms with Gasteiger partial charge in [0.25, 0.3) is 0 Å². The number of anilines is 1. The molecule has 3 rings (SSSR count). The van der Waals surface area contributed by atoms with Gasteiger partial charge in [0.2, 0.25) is 5.91 Å². The molecule has 2 aromatic rings. The van der Waals surface area contributed by atoms with Gasteiger partial charge in [-0.25, -0.2) is 9.97 Å². The lowest BCUT2D eigenvalue weighted by molar-refractivity contribution is -0.130. The highest BCUT2D eigenvalue weighted by Crippen LogP contribution is 2.29. The molecule has 2 aromatic heterocycles. The van der Waals surface area contributed by atoms with Crippen molar-refractivity contribution in [2.45, 2.75) is 13.3 Å². The monoisotopic (exact) mass is 319 g/mol. The first-order valence-corrected chi connectivity index (χ1v) is 8.43. The third kappa shape index (κ3) is 3.05. The van der Waals surface area contributed by atoms with Gasteiger partial charge < -0.3 is 15.1 Å². The molecule has 0 bridgehead atoms. The Bertz CT molecular complexity index is 665. The molecule has 22 heavy (non-hydrogen) atoms. The van der Waals surface area contributed by atoms with E-state index in [1.165, 1.54) is 4.88 Å². The van der Waals surface area contributed by atoms with Crippen molar-refractivity contribution in [1.82, 2.24) is 20.2 Å². The summed E-state index contributed by atoms with van der Waals surface area (Å²) >= 11 is 1.69. The minimum atomic E-state index is 0.154. The van der Waals surface area contributed by atoms with Crippen molar-refractivity contribution in [3.63, 3.8) is 0 Å². The number of nitrogens with zero attached hydrogens (tertiary/aromatic N) is 4. The molecule has 0 saturated carbocycles. The second kappa shape index (κ2) is 6.58. The molecular formula is C15H21N5OS. The summed E-state index contributed by atoms with van der Waals surface area (Å²) in [5.41, 5.74) is 0. The molecule has 1 aliphatic heterocycles. The first-order chi connectivity index (χ1) is 10.7. The highest BCUT2D eigenvalue weighted by atomic mass is 32.1. The van der Waals surface area contributed by atoms with Crippen LogP contribution in [0, 0.1) is 0 Å². The smallest absolute Gasteiger partial charge is 0.242 e. The fraction of sp³-hybridized carbons (Fsp3) is 0.533. The number of aromatic nitrogens is 2. The fourth-order valence-corrected chi connectivity index (χ4v) is 3.59. The van der Waals surface area contributed by atoms with Crippen molar-refractivity contribution < 1.29 is 4.79 Å². The predicted octanol–water partition coefficient (Wildman–Crippen LogP) is 1.12. The van der Waals surface area contributed by atoms with E-state index < -0.39 is 0 Å². The van der Waals surface area contributed by atoms with E-state index in [2.05, 4.69) is 28.3 Å². The van der Waals surface area contributed by atoms with Gasteiger partial charge >= 0.3 is 0 Å². The summed E-state index contributed by atoms with van der Waals surface area (Å²) < 4.78 is 0. The third-order valence-corrected chi connectivity index (χ3v) is 5.10. The quantitative estimate of drug-likeness (QED) is 0.915. The molecule has 1 N–H and O–H groups in total. The molecule has 1 aliphatic rings. The van der Waals surface area contributed by atoms with Crippen LogP contribution < -0.4 is 10.2 Å². The highest BCUT2D eigenvalue weighted by molar-refractivity contribution is 7.18. The number of rotatable bonds is 4. The summed E-state index contributed by atoms with van der Waals surface area (Å²) in [6.07, 6.45) is 2.57. The van der Waals surface area contributed by atoms with Gasteiger partial charge in [-0.2, -0.15) is 0 Å². The van der Waals surface area contributed by atoms with E-state index in [-0.39, 0.29) is 5.91 Å². The average Bonchev–Trinajstić information content (AvgIpc) is 2.98. The number of likely N-dealkylation sites (N-methyl/N-ethyl adjacent to an activating group) is 1. The summed E-state index contributed by atoms with van der Waals surface area (Å²) in [5.74, 6) is 0.992. The number of fused-ring (bicyclic) bond motifs is 1. The van der Waals surface area contributed by atoms with Crippen molar-refractivity contribution >= 4 is 33.3 Å². The zero-order chi connectivity index (χ0) is 15.5. The van der Waals surface area contributed by atoms with E-state index in [4.69, 9.17) is 0 Å². The molecule has 118 valence electrons. The van der Waals surface area contributed by atoms with Crippen molar-refractivity contribution in [2.75, 3.05) is 44.7 Å². The van der Waals surface area contributed by atoms with Gasteiger partial charge in [-0.3, -0.25) is 4.79 Å². The number of nitrogens with one attached hydrogen (secondary N) is 1. The molecule has 0 aliphatic carbocycles. The Morgan fingerprint density at radius 2 is 2.18 bits per heavy atom. The lowest BCUT2D eigenvalue weighted by Crippen LogP contribution is -2.49. The normalized spacial score (nSPS) is 15.3. The number of amides is 1. The van der Waals surface area contributed by atoms with E-state index >= 15 is 0 Å². The molecule has 3 heterocycles. The van der Waals surface area contributed by atoms with Crippen molar-refractivity contribution in [3.05, 3.63) is 17.3 Å². The lowest BCUT2D eigenvalue weighted by Gasteiger charge is -2.29. The topological polar surface area (TPSA) is 61.4 Å². The van der Waals surface area contributed by atoms with Gasteiger partial charge in [0.1, 0.15) is 17.0 Å². The molecule has 0 spiro atoms. The van der Waals surface area contributed by atoms with Crippen LogP contribution in [-0.4, -0.2) is 60.5 Å². The Kier molecular flexibility index (Phi) is 4.54. The Morgan fingerprint density at radius 3 is 2.91 bits per heavy atom. The standard InChI is InChI=1S/C15H21N5OS/c1-3-11-8-12-14(17-10-18-15(12)22-11)19(2)9-13(21)20-6-4-16-5-7-20/h8,10,16H,3-7,9H2,1-2H3. The van der Waals surface area contributed by atoms with Crippen LogP contribution in [0.15, 0.2) is 12.4 Å². The maximum absolute atomic E-state index is 12.4. The summed E-state index contributed by atoms with van der Waals surface area (Å²) in [6.45, 7) is 5.79. The molecule has 1 saturated heterocycles. The summed E-state index contributed by atoms with van der Waals surface area (Å²) in [5, 5.41) is 4.30. The van der Waals surface area contributed by atoms with Crippen LogP contribution in [0.25, 0.3) is 10.2 Å². The average molecular weight is 319 g/mol. The van der Waals surface area contributed by atoms with Crippen LogP contribution in [0.4, 0.5) is 5.82 Å². The molecule has 6 nitrogen and oxygen atoms in total. The number of aryl methyl sites for hydroxylation is 1. The summed E-state index contributed by atoms with van der Waals surface area (Å²) in [6, 6.07) is 2.14. The Labute approximate surface area is 134 Å². The van der Waals surface area contributed by atoms with Gasteiger partial charge in [-0.05, 0) is 12.5 Å². The predicted molar refractivity (Wildman–Crippen MR) is 89.5 cm³/mol. The van der Waals surface area contributed by atoms with E-state index in [0.29, 0.717) is 6.54 Å². The summed E-state index contributed by atoms with van der Waals surface area (Å²) in [7, 11) is 1.92. The van der Waals surface area contributed by atoms with E-state index in [9.17, 15) is 4.79 Å². The maximum Gasteiger partial charge on any atom is 0.242 e. The first kappa shape index (κ1) is 15.2. The zero-order valence-electron chi connectivity index (χ0n) is 13.0. The molecule has 0 radical (unpaired) electrons. The Balaban J connectivity index is 1.78. The SMILES string of the molecule is CCc1cc2c(N(C)CC(=O)N3CCNCC3)ncnc2s1. The van der Waals surface area contributed by atoms with Crippen molar-refractivity contribution in [3.8, 4) is 0 Å². The van der Waals surface area contributed by atoms with Gasteiger partial charge in [0.15, 0.2) is 0 Å². The van der Waals surface area contributed by atoms with Crippen LogP contribution in [-0.2, 0) is 11.2 Å². The van der Waals surface area contributed by atoms with E-state index in [0.717, 1.165) is 48.6 Å². The van der Waals surface area contributed by atoms with Crippen LogP contribution in [0.2, 0.25) is 0 Å². The number of hydrogen-bond acceptors (Lipinski definition) is 6. The largest absolute Gasteiger partial charge is 0.350 e. The number of piperazine rings is 1. The zero-order valence-corrected chi connectivity index (χ0v) is 13.8. The molecular weight excluding hydrogens is 298 g/mol. The van der Waals surface area contributed by atoms with Gasteiger partial charge in [-0.15, -0.1) is 11.3 Å². The first-order valence-electron chi connectivity index (χ1n) is 7.62. The maximum atomic E-state index is 12.4. The van der Waals surface area contributed by atoms with Gasteiger partial charge in [0.05, 0.1) is 11.9 Å². The molecule has 1 amide bonds. The number of hydrogen-bond donors (Lipinski definition) is 1. The van der Waals surface area contributed by atoms with E-state index in [1.807, 2.05) is 16.8 Å². The molecule has 0 unspecified atom stereocenters. The minimum Gasteiger partial charge on any atom is -0.350 e. The Hall–Kier alpha value is -1.73. The number of carbonyl (C=O) groups is 1. The van der Waals surface area contributed by atoms with E-state index in [1.54, 1.807) is 17.7 Å². The lowest BCUT2D eigenvalue weighted by atomic mass is 10.3. The van der Waals surface area contributed by atoms with Crippen LogP contribution in [0.1, 0.15) is 11.8 Å². The minimum absolute atomic E-state index is 0.154. The number of thiophene rings is 1. The van der Waals surface area contributed by atoms with Crippen LogP contribution in [0.3, 0.4) is 0 Å². The van der Waals surface area contributed by atoms with Gasteiger partial charge in [0, 0.05) is 38.1 Å². The Morgan fingerprint density at radius 1 is 1.41 bits per heavy atom. The second-order valence-electron chi connectivity index (χ2n) is 5.47. The van der Waals surface area contributed by atoms with Crippen LogP contribution >= 0.6 is 11.3 Å². The van der Waals surface area contributed by atoms with Gasteiger partial charge in [-0.1, -0.05) is 6.92 Å². The second-order valence-corrected chi connectivity index (χ2v) is 6.58. The fourth-order valence-electron chi connectivity index (χ4n) is 2.66. The third-order valence-electron chi connectivity index (χ3n) is 3.91. The number of carbonyl (C=O) groups excluding carboxylic acids is 1. The molecule has 7 heteroatoms. The van der Waals surface area contributed by atoms with Crippen molar-refractivity contribution in [2.24, 2.45) is 0 Å². The molecule has 1 fully saturated rings. The molecule has 0 aromatic carbocycles. The summed E-state index contributed by atoms with van der Waals surface area (Å²) in [4.78, 5) is 27.2. The van der Waals surface area contributed by atoms with Crippen molar-refractivity contribution in [1.29, 1.82) is 0 Å². The highest BCUT2D eigenvalue weighted by Gasteiger charge is 2.19.